The number of nitrogens with zero attached hydrogens (tertiary/aromatic N) is 1. The highest BCUT2D eigenvalue weighted by atomic mass is 16.2. The first kappa shape index (κ1) is 7.54. The van der Waals surface area contributed by atoms with E-state index in [1.165, 1.54) is 0 Å². The molecular weight excluding hydrogens is 138 g/mol. The van der Waals surface area contributed by atoms with Crippen molar-refractivity contribution in [1.82, 2.24) is 0 Å². The Morgan fingerprint density at radius 3 is 2.73 bits per heavy atom. The summed E-state index contributed by atoms with van der Waals surface area (Å²) in [4.78, 5) is 3.78. The Labute approximate surface area is 65.5 Å². The summed E-state index contributed by atoms with van der Waals surface area (Å²) in [6.45, 7) is 3.41. The molecule has 0 heterocycles. The van der Waals surface area contributed by atoms with Crippen LogP contribution in [0.2, 0.25) is 0 Å². The SMILES string of the molecule is C=Nc1ccccc1/C=C/O. The maximum Gasteiger partial charge on any atom is 0.0798 e. The molecule has 0 spiro atoms. The van der Waals surface area contributed by atoms with E-state index in [9.17, 15) is 0 Å². The molecule has 0 aromatic heterocycles. The van der Waals surface area contributed by atoms with Gasteiger partial charge < -0.3 is 5.11 Å². The van der Waals surface area contributed by atoms with E-state index in [1.807, 2.05) is 24.3 Å². The predicted molar refractivity (Wildman–Crippen MR) is 47.3 cm³/mol. The van der Waals surface area contributed by atoms with Gasteiger partial charge in [-0.25, -0.2) is 0 Å². The van der Waals surface area contributed by atoms with Crippen LogP contribution in [0.1, 0.15) is 5.56 Å². The summed E-state index contributed by atoms with van der Waals surface area (Å²) in [5.41, 5.74) is 1.64. The molecule has 56 valence electrons. The second kappa shape index (κ2) is 3.56. The number of aliphatic hydroxyl groups excluding tert-OH is 1. The smallest absolute Gasteiger partial charge is 0.0798 e. The molecule has 11 heavy (non-hydrogen) atoms. The molecule has 1 aromatic rings. The van der Waals surface area contributed by atoms with Gasteiger partial charge in [0.25, 0.3) is 0 Å². The van der Waals surface area contributed by atoms with Crippen molar-refractivity contribution in [2.24, 2.45) is 4.99 Å². The molecule has 0 radical (unpaired) electrons. The maximum atomic E-state index is 8.50. The Kier molecular flexibility index (Phi) is 2.44. The van der Waals surface area contributed by atoms with Gasteiger partial charge in [0.15, 0.2) is 0 Å². The monoisotopic (exact) mass is 147 g/mol. The van der Waals surface area contributed by atoms with Gasteiger partial charge in [-0.1, -0.05) is 18.2 Å². The molecule has 0 fully saturated rings. The van der Waals surface area contributed by atoms with E-state index in [0.29, 0.717) is 0 Å². The molecule has 0 atom stereocenters. The third-order valence-corrected chi connectivity index (χ3v) is 1.36. The van der Waals surface area contributed by atoms with Gasteiger partial charge in [0.1, 0.15) is 0 Å². The predicted octanol–water partition coefficient (Wildman–Crippen LogP) is 2.55. The van der Waals surface area contributed by atoms with Gasteiger partial charge in [0.2, 0.25) is 0 Å². The van der Waals surface area contributed by atoms with Gasteiger partial charge in [-0.15, -0.1) is 0 Å². The molecule has 1 N–H and O–H groups in total. The van der Waals surface area contributed by atoms with Crippen molar-refractivity contribution in [3.8, 4) is 0 Å². The summed E-state index contributed by atoms with van der Waals surface area (Å²) in [6.07, 6.45) is 2.56. The van der Waals surface area contributed by atoms with Crippen LogP contribution in [0.25, 0.3) is 6.08 Å². The number of aliphatic imine (C=N–C) groups is 1. The van der Waals surface area contributed by atoms with Crippen LogP contribution in [0.15, 0.2) is 35.5 Å². The molecule has 0 saturated carbocycles. The van der Waals surface area contributed by atoms with E-state index >= 15 is 0 Å². The number of hydrogen-bond acceptors (Lipinski definition) is 2. The summed E-state index contributed by atoms with van der Waals surface area (Å²) in [5.74, 6) is 0. The molecule has 1 rings (SSSR count). The number of rotatable bonds is 2. The van der Waals surface area contributed by atoms with Crippen LogP contribution in [-0.4, -0.2) is 11.8 Å². The van der Waals surface area contributed by atoms with Gasteiger partial charge in [-0.3, -0.25) is 4.99 Å². The molecule has 2 heteroatoms. The molecule has 0 saturated heterocycles. The van der Waals surface area contributed by atoms with Gasteiger partial charge in [0, 0.05) is 5.56 Å². The molecule has 0 aliphatic carbocycles. The molecule has 0 bridgehead atoms. The average molecular weight is 147 g/mol. The zero-order chi connectivity index (χ0) is 8.10. The van der Waals surface area contributed by atoms with Crippen LogP contribution in [0.5, 0.6) is 0 Å². The molecule has 1 aromatic carbocycles. The normalized spacial score (nSPS) is 10.2. The number of para-hydroxylation sites is 1. The minimum atomic E-state index is 0.776. The second-order valence-corrected chi connectivity index (χ2v) is 2.03. The number of aliphatic hydroxyl groups is 1. The Bertz CT molecular complexity index is 279. The fourth-order valence-electron chi connectivity index (χ4n) is 0.853. The van der Waals surface area contributed by atoms with Crippen LogP contribution < -0.4 is 0 Å². The lowest BCUT2D eigenvalue weighted by atomic mass is 10.2. The second-order valence-electron chi connectivity index (χ2n) is 2.03. The van der Waals surface area contributed by atoms with Gasteiger partial charge in [-0.2, -0.15) is 0 Å². The van der Waals surface area contributed by atoms with Gasteiger partial charge >= 0.3 is 0 Å². The Morgan fingerprint density at radius 2 is 2.09 bits per heavy atom. The van der Waals surface area contributed by atoms with Crippen LogP contribution in [0.4, 0.5) is 5.69 Å². The lowest BCUT2D eigenvalue weighted by Gasteiger charge is -1.96. The van der Waals surface area contributed by atoms with Crippen molar-refractivity contribution in [1.29, 1.82) is 0 Å². The van der Waals surface area contributed by atoms with Crippen molar-refractivity contribution in [3.05, 3.63) is 36.1 Å². The van der Waals surface area contributed by atoms with Crippen LogP contribution in [-0.2, 0) is 0 Å². The zero-order valence-electron chi connectivity index (χ0n) is 6.07. The van der Waals surface area contributed by atoms with Gasteiger partial charge in [-0.05, 0) is 18.9 Å². The van der Waals surface area contributed by atoms with E-state index in [2.05, 4.69) is 11.7 Å². The zero-order valence-corrected chi connectivity index (χ0v) is 6.07. The Balaban J connectivity index is 3.11. The number of benzene rings is 1. The Hall–Kier alpha value is -1.57. The molecule has 0 unspecified atom stereocenters. The molecular formula is C9H9NO. The maximum absolute atomic E-state index is 8.50. The first-order valence-electron chi connectivity index (χ1n) is 3.25. The highest BCUT2D eigenvalue weighted by Crippen LogP contribution is 2.18. The summed E-state index contributed by atoms with van der Waals surface area (Å²) < 4.78 is 0. The van der Waals surface area contributed by atoms with Crippen LogP contribution in [0, 0.1) is 0 Å². The standard InChI is InChI=1S/C9H9NO/c1-10-9-5-3-2-4-8(9)6-7-11/h2-7,11H,1H2/b7-6+. The fourth-order valence-corrected chi connectivity index (χ4v) is 0.853. The summed E-state index contributed by atoms with van der Waals surface area (Å²) in [5, 5.41) is 8.50. The molecule has 2 nitrogen and oxygen atoms in total. The van der Waals surface area contributed by atoms with E-state index in [1.54, 1.807) is 6.08 Å². The van der Waals surface area contributed by atoms with E-state index < -0.39 is 0 Å². The van der Waals surface area contributed by atoms with Crippen LogP contribution >= 0.6 is 0 Å². The Morgan fingerprint density at radius 1 is 1.36 bits per heavy atom. The molecule has 0 aliphatic rings. The lowest BCUT2D eigenvalue weighted by Crippen LogP contribution is -1.71. The van der Waals surface area contributed by atoms with Gasteiger partial charge in [0.05, 0.1) is 11.9 Å². The topological polar surface area (TPSA) is 32.6 Å². The van der Waals surface area contributed by atoms with E-state index in [0.717, 1.165) is 17.5 Å². The van der Waals surface area contributed by atoms with Crippen molar-refractivity contribution in [2.75, 3.05) is 0 Å². The summed E-state index contributed by atoms with van der Waals surface area (Å²) in [6, 6.07) is 7.45. The minimum absolute atomic E-state index is 0.776. The highest BCUT2D eigenvalue weighted by Gasteiger charge is 1.92. The molecule has 0 aliphatic heterocycles. The molecule has 0 amide bonds. The average Bonchev–Trinajstić information content (AvgIpc) is 2.06. The van der Waals surface area contributed by atoms with Crippen molar-refractivity contribution in [2.45, 2.75) is 0 Å². The van der Waals surface area contributed by atoms with Crippen molar-refractivity contribution in [3.63, 3.8) is 0 Å². The van der Waals surface area contributed by atoms with E-state index in [4.69, 9.17) is 5.11 Å². The van der Waals surface area contributed by atoms with Crippen LogP contribution in [0.3, 0.4) is 0 Å². The number of hydrogen-bond donors (Lipinski definition) is 1. The lowest BCUT2D eigenvalue weighted by molar-refractivity contribution is 0.478. The summed E-state index contributed by atoms with van der Waals surface area (Å²) in [7, 11) is 0. The first-order chi connectivity index (χ1) is 5.38. The quantitative estimate of drug-likeness (QED) is 0.506. The first-order valence-corrected chi connectivity index (χ1v) is 3.25. The van der Waals surface area contributed by atoms with Crippen molar-refractivity contribution >= 4 is 18.5 Å². The largest absolute Gasteiger partial charge is 0.516 e. The van der Waals surface area contributed by atoms with Crippen molar-refractivity contribution < 1.29 is 5.11 Å². The minimum Gasteiger partial charge on any atom is -0.516 e. The highest BCUT2D eigenvalue weighted by molar-refractivity contribution is 5.64. The third kappa shape index (κ3) is 1.67. The third-order valence-electron chi connectivity index (χ3n) is 1.36. The van der Waals surface area contributed by atoms with E-state index in [-0.39, 0.29) is 0 Å². The fraction of sp³-hybridized carbons (Fsp3) is 0. The summed E-state index contributed by atoms with van der Waals surface area (Å²) >= 11 is 0.